The van der Waals surface area contributed by atoms with Crippen LogP contribution in [0.4, 0.5) is 13.6 Å². The van der Waals surface area contributed by atoms with Crippen LogP contribution >= 0.6 is 0 Å². The van der Waals surface area contributed by atoms with Crippen molar-refractivity contribution in [3.8, 4) is 0 Å². The molecule has 0 aromatic heterocycles. The molecule has 1 N–H and O–H groups in total. The minimum Gasteiger partial charge on any atom is -0.444 e. The van der Waals surface area contributed by atoms with E-state index < -0.39 is 30.1 Å². The zero-order chi connectivity index (χ0) is 14.4. The number of likely N-dealkylation sites (tertiary alicyclic amines) is 1. The summed E-state index contributed by atoms with van der Waals surface area (Å²) in [5.74, 6) is -1.02. The van der Waals surface area contributed by atoms with Crippen LogP contribution in [0, 0.1) is 11.8 Å². The summed E-state index contributed by atoms with van der Waals surface area (Å²) in [7, 11) is 0. The van der Waals surface area contributed by atoms with Gasteiger partial charge in [0, 0.05) is 12.0 Å². The quantitative estimate of drug-likeness (QED) is 0.842. The van der Waals surface area contributed by atoms with Gasteiger partial charge in [0.1, 0.15) is 5.60 Å². The predicted octanol–water partition coefficient (Wildman–Crippen LogP) is 2.26. The summed E-state index contributed by atoms with van der Waals surface area (Å²) >= 11 is 0. The molecule has 1 aliphatic heterocycles. The molecule has 1 saturated heterocycles. The van der Waals surface area contributed by atoms with Crippen molar-refractivity contribution < 1.29 is 23.4 Å². The Balaban J connectivity index is 2.10. The van der Waals surface area contributed by atoms with Crippen molar-refractivity contribution in [1.29, 1.82) is 0 Å². The number of halogens is 2. The molecule has 2 fully saturated rings. The van der Waals surface area contributed by atoms with Gasteiger partial charge in [-0.1, -0.05) is 0 Å². The molecule has 19 heavy (non-hydrogen) atoms. The molecular weight excluding hydrogens is 256 g/mol. The van der Waals surface area contributed by atoms with Gasteiger partial charge in [-0.3, -0.25) is 4.90 Å². The molecule has 2 bridgehead atoms. The van der Waals surface area contributed by atoms with E-state index in [9.17, 15) is 18.7 Å². The Bertz CT molecular complexity index is 356. The fourth-order valence-corrected chi connectivity index (χ4v) is 3.33. The fraction of sp³-hybridized carbons (Fsp3) is 0.923. The number of nitrogens with zero attached hydrogens (tertiary/aromatic N) is 1. The third kappa shape index (κ3) is 2.68. The molecule has 0 unspecified atom stereocenters. The number of hydrogen-bond acceptors (Lipinski definition) is 3. The van der Waals surface area contributed by atoms with Gasteiger partial charge in [-0.15, -0.1) is 0 Å². The lowest BCUT2D eigenvalue weighted by Crippen LogP contribution is -2.51. The molecule has 2 aliphatic rings. The predicted molar refractivity (Wildman–Crippen MR) is 65.0 cm³/mol. The summed E-state index contributed by atoms with van der Waals surface area (Å²) < 4.78 is 31.1. The minimum absolute atomic E-state index is 0.226. The Morgan fingerprint density at radius 2 is 2.05 bits per heavy atom. The van der Waals surface area contributed by atoms with E-state index in [2.05, 4.69) is 0 Å². The minimum atomic E-state index is -2.38. The van der Waals surface area contributed by atoms with Gasteiger partial charge in [0.2, 0.25) is 6.43 Å². The highest BCUT2D eigenvalue weighted by molar-refractivity contribution is 5.70. The van der Waals surface area contributed by atoms with E-state index in [0.717, 1.165) is 0 Å². The lowest BCUT2D eigenvalue weighted by atomic mass is 9.88. The van der Waals surface area contributed by atoms with Crippen molar-refractivity contribution in [1.82, 2.24) is 4.90 Å². The molecule has 1 saturated carbocycles. The third-order valence-corrected chi connectivity index (χ3v) is 4.00. The number of ether oxygens (including phenoxy) is 1. The lowest BCUT2D eigenvalue weighted by Gasteiger charge is -2.38. The lowest BCUT2D eigenvalue weighted by molar-refractivity contribution is -0.0311. The molecule has 4 atom stereocenters. The Kier molecular flexibility index (Phi) is 3.73. The molecule has 2 rings (SSSR count). The van der Waals surface area contributed by atoms with Gasteiger partial charge in [0.15, 0.2) is 0 Å². The molecule has 1 amide bonds. The monoisotopic (exact) mass is 277 g/mol. The van der Waals surface area contributed by atoms with Crippen molar-refractivity contribution in [3.63, 3.8) is 0 Å². The van der Waals surface area contributed by atoms with E-state index in [1.807, 2.05) is 0 Å². The maximum absolute atomic E-state index is 12.9. The summed E-state index contributed by atoms with van der Waals surface area (Å²) in [5.41, 5.74) is -0.624. The standard InChI is InChI=1S/C13H21F2NO3/c1-13(2,3)19-12(18)16-7-4-8(10(16)6-17)9(5-7)11(14)15/h7-11,17H,4-6H2,1-3H3/t7-,8+,9+,10+/m1/s1. The number of carbonyl (C=O) groups is 1. The molecule has 1 heterocycles. The number of carbonyl (C=O) groups excluding carboxylic acids is 1. The van der Waals surface area contributed by atoms with E-state index in [1.165, 1.54) is 4.90 Å². The van der Waals surface area contributed by atoms with Gasteiger partial charge in [-0.25, -0.2) is 13.6 Å². The Labute approximate surface area is 111 Å². The van der Waals surface area contributed by atoms with Crippen molar-refractivity contribution >= 4 is 6.09 Å². The second kappa shape index (κ2) is 4.89. The van der Waals surface area contributed by atoms with Crippen LogP contribution in [0.25, 0.3) is 0 Å². The van der Waals surface area contributed by atoms with Crippen LogP contribution in [0.5, 0.6) is 0 Å². The van der Waals surface area contributed by atoms with E-state index >= 15 is 0 Å². The molecule has 0 aromatic rings. The summed E-state index contributed by atoms with van der Waals surface area (Å²) in [5, 5.41) is 9.41. The van der Waals surface area contributed by atoms with E-state index in [0.29, 0.717) is 12.8 Å². The molecule has 6 heteroatoms. The zero-order valence-electron chi connectivity index (χ0n) is 11.5. The largest absolute Gasteiger partial charge is 0.444 e. The van der Waals surface area contributed by atoms with Crippen molar-refractivity contribution in [3.05, 3.63) is 0 Å². The molecule has 0 aromatic carbocycles. The highest BCUT2D eigenvalue weighted by atomic mass is 19.3. The van der Waals surface area contributed by atoms with Crippen LogP contribution < -0.4 is 0 Å². The number of fused-ring (bicyclic) bond motifs is 2. The number of amides is 1. The van der Waals surface area contributed by atoms with E-state index in [1.54, 1.807) is 20.8 Å². The number of piperidine rings is 1. The van der Waals surface area contributed by atoms with Crippen LogP contribution in [0.2, 0.25) is 0 Å². The topological polar surface area (TPSA) is 49.8 Å². The van der Waals surface area contributed by atoms with Gasteiger partial charge in [-0.05, 0) is 39.5 Å². The smallest absolute Gasteiger partial charge is 0.410 e. The van der Waals surface area contributed by atoms with E-state index in [4.69, 9.17) is 4.74 Å². The first-order valence-electron chi connectivity index (χ1n) is 6.65. The average molecular weight is 277 g/mol. The van der Waals surface area contributed by atoms with Gasteiger partial charge in [-0.2, -0.15) is 0 Å². The number of aliphatic hydroxyl groups is 1. The van der Waals surface area contributed by atoms with Crippen LogP contribution in [0.1, 0.15) is 33.6 Å². The second-order valence-corrected chi connectivity index (χ2v) is 6.42. The Morgan fingerprint density at radius 1 is 1.42 bits per heavy atom. The SMILES string of the molecule is CC(C)(C)OC(=O)N1[C@@H]2C[C@@H]([C@@H](C(F)F)C2)[C@@H]1CO. The summed E-state index contributed by atoms with van der Waals surface area (Å²) in [4.78, 5) is 13.6. The maximum Gasteiger partial charge on any atom is 0.410 e. The average Bonchev–Trinajstić information content (AvgIpc) is 2.82. The molecule has 1 aliphatic carbocycles. The van der Waals surface area contributed by atoms with Gasteiger partial charge in [0.05, 0.1) is 12.6 Å². The summed E-state index contributed by atoms with van der Waals surface area (Å²) in [6, 6.07) is -0.761. The normalized spacial score (nSPS) is 34.2. The number of rotatable bonds is 2. The van der Waals surface area contributed by atoms with Gasteiger partial charge in [0.25, 0.3) is 0 Å². The Hall–Kier alpha value is -0.910. The highest BCUT2D eigenvalue weighted by Gasteiger charge is 2.56. The molecule has 4 nitrogen and oxygen atoms in total. The van der Waals surface area contributed by atoms with E-state index in [-0.39, 0.29) is 18.6 Å². The Morgan fingerprint density at radius 3 is 2.53 bits per heavy atom. The van der Waals surface area contributed by atoms with Crippen molar-refractivity contribution in [2.75, 3.05) is 6.61 Å². The summed E-state index contributed by atoms with van der Waals surface area (Å²) in [6.45, 7) is 4.99. The molecule has 0 radical (unpaired) electrons. The number of alkyl halides is 2. The van der Waals surface area contributed by atoms with Crippen molar-refractivity contribution in [2.45, 2.75) is 57.7 Å². The van der Waals surface area contributed by atoms with Crippen LogP contribution in [0.3, 0.4) is 0 Å². The number of hydrogen-bond donors (Lipinski definition) is 1. The van der Waals surface area contributed by atoms with Gasteiger partial charge < -0.3 is 9.84 Å². The summed E-state index contributed by atoms with van der Waals surface area (Å²) in [6.07, 6.45) is -2.05. The number of aliphatic hydroxyl groups excluding tert-OH is 1. The first kappa shape index (κ1) is 14.5. The maximum atomic E-state index is 12.9. The first-order chi connectivity index (χ1) is 8.74. The van der Waals surface area contributed by atoms with Gasteiger partial charge >= 0.3 is 6.09 Å². The second-order valence-electron chi connectivity index (χ2n) is 6.42. The first-order valence-corrected chi connectivity index (χ1v) is 6.65. The highest BCUT2D eigenvalue weighted by Crippen LogP contribution is 2.48. The van der Waals surface area contributed by atoms with Crippen LogP contribution in [0.15, 0.2) is 0 Å². The molecule has 0 spiro atoms. The molecular formula is C13H21F2NO3. The zero-order valence-corrected chi connectivity index (χ0v) is 11.5. The third-order valence-electron chi connectivity index (χ3n) is 4.00. The van der Waals surface area contributed by atoms with Crippen LogP contribution in [-0.2, 0) is 4.74 Å². The van der Waals surface area contributed by atoms with Crippen LogP contribution in [-0.4, -0.2) is 46.8 Å². The molecule has 110 valence electrons. The fourth-order valence-electron chi connectivity index (χ4n) is 3.33. The van der Waals surface area contributed by atoms with Crippen molar-refractivity contribution in [2.24, 2.45) is 11.8 Å².